The molecule has 0 bridgehead atoms. The number of amidine groups is 1. The van der Waals surface area contributed by atoms with Gasteiger partial charge in [0.1, 0.15) is 11.7 Å². The van der Waals surface area contributed by atoms with E-state index in [-0.39, 0.29) is 5.84 Å². The van der Waals surface area contributed by atoms with Crippen molar-refractivity contribution in [2.24, 2.45) is 5.73 Å². The maximum atomic E-state index is 13.5. The van der Waals surface area contributed by atoms with E-state index >= 15 is 0 Å². The highest BCUT2D eigenvalue weighted by Crippen LogP contribution is 2.26. The van der Waals surface area contributed by atoms with Crippen molar-refractivity contribution in [2.75, 3.05) is 5.73 Å². The van der Waals surface area contributed by atoms with Gasteiger partial charge in [-0.25, -0.2) is 4.39 Å². The van der Waals surface area contributed by atoms with E-state index in [1.807, 2.05) is 0 Å². The minimum absolute atomic E-state index is 0.0684. The number of rotatable bonds is 2. The summed E-state index contributed by atoms with van der Waals surface area (Å²) in [5.41, 5.74) is 10.8. The molecule has 0 unspecified atom stereocenters. The molecule has 5 N–H and O–H groups in total. The molecule has 76 valence electrons. The highest BCUT2D eigenvalue weighted by atomic mass is 19.1. The average molecular weight is 195 g/mol. The van der Waals surface area contributed by atoms with Gasteiger partial charge in [-0.1, -0.05) is 6.07 Å². The van der Waals surface area contributed by atoms with Gasteiger partial charge in [-0.05, 0) is 26.0 Å². The van der Waals surface area contributed by atoms with Crippen LogP contribution in [0, 0.1) is 11.2 Å². The smallest absolute Gasteiger partial charge is 0.129 e. The lowest BCUT2D eigenvalue weighted by molar-refractivity contribution is 0.571. The van der Waals surface area contributed by atoms with Crippen molar-refractivity contribution in [2.45, 2.75) is 19.3 Å². The topological polar surface area (TPSA) is 75.9 Å². The first-order valence-corrected chi connectivity index (χ1v) is 4.25. The summed E-state index contributed by atoms with van der Waals surface area (Å²) < 4.78 is 13.5. The number of nitrogen functional groups attached to an aromatic ring is 1. The Morgan fingerprint density at radius 1 is 1.43 bits per heavy atom. The van der Waals surface area contributed by atoms with Crippen molar-refractivity contribution >= 4 is 11.5 Å². The molecule has 1 aromatic carbocycles. The number of halogens is 1. The molecule has 0 aromatic heterocycles. The largest absolute Gasteiger partial charge is 0.399 e. The van der Waals surface area contributed by atoms with E-state index in [0.29, 0.717) is 11.3 Å². The van der Waals surface area contributed by atoms with Crippen LogP contribution in [0.2, 0.25) is 0 Å². The molecular formula is C10H14FN3. The summed E-state index contributed by atoms with van der Waals surface area (Å²) in [6.45, 7) is 3.40. The van der Waals surface area contributed by atoms with Crippen molar-refractivity contribution in [3.63, 3.8) is 0 Å². The summed E-state index contributed by atoms with van der Waals surface area (Å²) in [7, 11) is 0. The number of nitrogens with two attached hydrogens (primary N) is 2. The van der Waals surface area contributed by atoms with E-state index in [9.17, 15) is 4.39 Å². The van der Waals surface area contributed by atoms with Crippen LogP contribution in [0.15, 0.2) is 18.2 Å². The first-order valence-electron chi connectivity index (χ1n) is 4.25. The van der Waals surface area contributed by atoms with E-state index in [0.717, 1.165) is 0 Å². The molecule has 0 fully saturated rings. The molecule has 4 heteroatoms. The van der Waals surface area contributed by atoms with E-state index < -0.39 is 11.2 Å². The maximum Gasteiger partial charge on any atom is 0.129 e. The normalized spacial score (nSPS) is 11.4. The predicted molar refractivity (Wildman–Crippen MR) is 55.8 cm³/mol. The third-order valence-corrected chi connectivity index (χ3v) is 2.34. The van der Waals surface area contributed by atoms with E-state index in [4.69, 9.17) is 16.9 Å². The van der Waals surface area contributed by atoms with Gasteiger partial charge in [0.25, 0.3) is 0 Å². The lowest BCUT2D eigenvalue weighted by Crippen LogP contribution is -2.35. The second-order valence-corrected chi connectivity index (χ2v) is 3.78. The highest BCUT2D eigenvalue weighted by Gasteiger charge is 2.27. The standard InChI is InChI=1S/C10H14FN3/c1-10(2,9(13)14)7-4-3-6(12)5-8(7)11/h3-5H,12H2,1-2H3,(H3,13,14). The quantitative estimate of drug-likeness (QED) is 0.381. The van der Waals surface area contributed by atoms with Gasteiger partial charge in [-0.15, -0.1) is 0 Å². The van der Waals surface area contributed by atoms with E-state index in [1.54, 1.807) is 26.0 Å². The van der Waals surface area contributed by atoms with Crippen LogP contribution >= 0.6 is 0 Å². The molecule has 0 saturated heterocycles. The first-order chi connectivity index (χ1) is 6.35. The SMILES string of the molecule is CC(C)(C(=N)N)c1ccc(N)cc1F. The Morgan fingerprint density at radius 2 is 2.00 bits per heavy atom. The van der Waals surface area contributed by atoms with Gasteiger partial charge in [0.05, 0.1) is 0 Å². The molecule has 0 amide bonds. The number of nitrogens with one attached hydrogen (secondary N) is 1. The van der Waals surface area contributed by atoms with Gasteiger partial charge in [0.2, 0.25) is 0 Å². The Labute approximate surface area is 82.4 Å². The lowest BCUT2D eigenvalue weighted by atomic mass is 9.83. The zero-order chi connectivity index (χ0) is 10.9. The van der Waals surface area contributed by atoms with Crippen molar-refractivity contribution in [3.8, 4) is 0 Å². The summed E-state index contributed by atoms with van der Waals surface area (Å²) in [5, 5.41) is 7.36. The Hall–Kier alpha value is -1.58. The molecule has 0 heterocycles. The van der Waals surface area contributed by atoms with Crippen LogP contribution in [0.3, 0.4) is 0 Å². The van der Waals surface area contributed by atoms with Gasteiger partial charge in [0.15, 0.2) is 0 Å². The fraction of sp³-hybridized carbons (Fsp3) is 0.300. The third kappa shape index (κ3) is 1.69. The number of anilines is 1. The van der Waals surface area contributed by atoms with Crippen molar-refractivity contribution in [1.82, 2.24) is 0 Å². The first kappa shape index (κ1) is 10.5. The average Bonchev–Trinajstić information content (AvgIpc) is 2.02. The molecule has 1 aromatic rings. The van der Waals surface area contributed by atoms with Gasteiger partial charge in [-0.3, -0.25) is 5.41 Å². The Balaban J connectivity index is 3.26. The second-order valence-electron chi connectivity index (χ2n) is 3.78. The van der Waals surface area contributed by atoms with Crippen LogP contribution in [0.4, 0.5) is 10.1 Å². The zero-order valence-corrected chi connectivity index (χ0v) is 8.26. The molecule has 0 aliphatic rings. The van der Waals surface area contributed by atoms with Crippen molar-refractivity contribution in [1.29, 1.82) is 5.41 Å². The molecule has 0 aliphatic carbocycles. The van der Waals surface area contributed by atoms with Crippen LogP contribution in [0.1, 0.15) is 19.4 Å². The number of benzene rings is 1. The van der Waals surface area contributed by atoms with Crippen molar-refractivity contribution < 1.29 is 4.39 Å². The second kappa shape index (κ2) is 3.29. The van der Waals surface area contributed by atoms with Gasteiger partial charge >= 0.3 is 0 Å². The summed E-state index contributed by atoms with van der Waals surface area (Å²) in [6.07, 6.45) is 0. The van der Waals surface area contributed by atoms with Gasteiger partial charge in [-0.2, -0.15) is 0 Å². The molecule has 0 aliphatic heterocycles. The monoisotopic (exact) mass is 195 g/mol. The molecular weight excluding hydrogens is 181 g/mol. The van der Waals surface area contributed by atoms with Crippen LogP contribution in [-0.2, 0) is 5.41 Å². The minimum Gasteiger partial charge on any atom is -0.399 e. The lowest BCUT2D eigenvalue weighted by Gasteiger charge is -2.24. The zero-order valence-electron chi connectivity index (χ0n) is 8.26. The maximum absolute atomic E-state index is 13.5. The Bertz CT molecular complexity index is 372. The summed E-state index contributed by atoms with van der Waals surface area (Å²) >= 11 is 0. The molecule has 14 heavy (non-hydrogen) atoms. The molecule has 0 radical (unpaired) electrons. The Kier molecular flexibility index (Phi) is 2.47. The predicted octanol–water partition coefficient (Wildman–Crippen LogP) is 1.62. The summed E-state index contributed by atoms with van der Waals surface area (Å²) in [5.74, 6) is -0.494. The molecule has 3 nitrogen and oxygen atoms in total. The third-order valence-electron chi connectivity index (χ3n) is 2.34. The fourth-order valence-electron chi connectivity index (χ4n) is 1.18. The van der Waals surface area contributed by atoms with Crippen LogP contribution in [-0.4, -0.2) is 5.84 Å². The van der Waals surface area contributed by atoms with Gasteiger partial charge in [0, 0.05) is 16.7 Å². The molecule has 0 saturated carbocycles. The van der Waals surface area contributed by atoms with Gasteiger partial charge < -0.3 is 11.5 Å². The molecule has 0 atom stereocenters. The number of hydrogen-bond acceptors (Lipinski definition) is 2. The van der Waals surface area contributed by atoms with Crippen LogP contribution in [0.5, 0.6) is 0 Å². The van der Waals surface area contributed by atoms with Crippen LogP contribution < -0.4 is 11.5 Å². The summed E-state index contributed by atoms with van der Waals surface area (Å²) in [6, 6.07) is 4.40. The van der Waals surface area contributed by atoms with E-state index in [2.05, 4.69) is 0 Å². The fourth-order valence-corrected chi connectivity index (χ4v) is 1.18. The number of hydrogen-bond donors (Lipinski definition) is 3. The Morgan fingerprint density at radius 3 is 2.43 bits per heavy atom. The minimum atomic E-state index is -0.794. The van der Waals surface area contributed by atoms with Crippen LogP contribution in [0.25, 0.3) is 0 Å². The molecule has 1 rings (SSSR count). The molecule has 0 spiro atoms. The van der Waals surface area contributed by atoms with E-state index in [1.165, 1.54) is 6.07 Å². The highest BCUT2D eigenvalue weighted by molar-refractivity contribution is 5.88. The van der Waals surface area contributed by atoms with Crippen molar-refractivity contribution in [3.05, 3.63) is 29.6 Å². The summed E-state index contributed by atoms with van der Waals surface area (Å²) in [4.78, 5) is 0.